The van der Waals surface area contributed by atoms with Crippen LogP contribution in [0.3, 0.4) is 0 Å². The van der Waals surface area contributed by atoms with E-state index in [1.807, 2.05) is 0 Å². The summed E-state index contributed by atoms with van der Waals surface area (Å²) in [5.41, 5.74) is -1.46. The van der Waals surface area contributed by atoms with Crippen molar-refractivity contribution in [1.29, 1.82) is 0 Å². The minimum atomic E-state index is -4.74. The van der Waals surface area contributed by atoms with E-state index in [2.05, 4.69) is 20.8 Å². The van der Waals surface area contributed by atoms with Crippen molar-refractivity contribution in [3.63, 3.8) is 0 Å². The number of halogens is 6. The van der Waals surface area contributed by atoms with Crippen LogP contribution in [0.25, 0.3) is 0 Å². The number of ether oxygens (including phenoxy) is 1. The third kappa shape index (κ3) is 8.71. The molecule has 37 heavy (non-hydrogen) atoms. The van der Waals surface area contributed by atoms with E-state index in [0.29, 0.717) is 43.1 Å². The van der Waals surface area contributed by atoms with Crippen LogP contribution in [0.15, 0.2) is 0 Å². The molecule has 1 aliphatic rings. The molecule has 3 atom stereocenters. The molecule has 0 spiro atoms. The lowest BCUT2D eigenvalue weighted by Gasteiger charge is -2.38. The summed E-state index contributed by atoms with van der Waals surface area (Å²) in [5.74, 6) is -1.01. The van der Waals surface area contributed by atoms with Gasteiger partial charge in [0, 0.05) is 11.1 Å². The van der Waals surface area contributed by atoms with E-state index in [1.54, 1.807) is 6.92 Å². The molecule has 2 nitrogen and oxygen atoms in total. The first kappa shape index (κ1) is 31.6. The molecule has 214 valence electrons. The van der Waals surface area contributed by atoms with Crippen molar-refractivity contribution in [3.8, 4) is 11.5 Å². The Morgan fingerprint density at radius 2 is 1.43 bits per heavy atom. The molecular formula is C29H44F6O2. The summed E-state index contributed by atoms with van der Waals surface area (Å²) in [6.45, 7) is 10.9. The van der Waals surface area contributed by atoms with Crippen molar-refractivity contribution in [2.45, 2.75) is 130 Å². The second kappa shape index (κ2) is 12.5. The predicted octanol–water partition coefficient (Wildman–Crippen LogP) is 10.1. The van der Waals surface area contributed by atoms with Crippen LogP contribution < -0.4 is 4.74 Å². The molecule has 8 heteroatoms. The number of rotatable bonds is 12. The molecule has 0 fully saturated rings. The minimum absolute atomic E-state index is 0.0155. The van der Waals surface area contributed by atoms with Crippen LogP contribution in [-0.4, -0.2) is 16.9 Å². The molecular weight excluding hydrogens is 494 g/mol. The highest BCUT2D eigenvalue weighted by molar-refractivity contribution is 5.59. The molecule has 1 aromatic rings. The van der Waals surface area contributed by atoms with Gasteiger partial charge in [-0.05, 0) is 76.7 Å². The largest absolute Gasteiger partial charge is 0.507 e. The Bertz CT molecular complexity index is 890. The Morgan fingerprint density at radius 3 is 1.97 bits per heavy atom. The van der Waals surface area contributed by atoms with Crippen molar-refractivity contribution in [3.05, 3.63) is 22.3 Å². The van der Waals surface area contributed by atoms with Gasteiger partial charge in [0.1, 0.15) is 22.7 Å². The highest BCUT2D eigenvalue weighted by Gasteiger charge is 2.43. The SMILES string of the molecule is Cc1c(O)c(C(F)(F)F)c(C)c2c1CCC(C)(CCCC(CCCC(C)CCCC(C)C)C(F)(F)F)O2. The van der Waals surface area contributed by atoms with Crippen LogP contribution in [0.4, 0.5) is 26.3 Å². The molecule has 3 unspecified atom stereocenters. The molecule has 0 amide bonds. The molecule has 0 aliphatic carbocycles. The maximum absolute atomic E-state index is 13.7. The molecule has 0 aromatic heterocycles. The van der Waals surface area contributed by atoms with Crippen LogP contribution in [0.1, 0.15) is 114 Å². The van der Waals surface area contributed by atoms with Crippen LogP contribution in [0.5, 0.6) is 11.5 Å². The molecule has 0 saturated heterocycles. The quantitative estimate of drug-likeness (QED) is 0.268. The van der Waals surface area contributed by atoms with Crippen LogP contribution in [0, 0.1) is 31.6 Å². The van der Waals surface area contributed by atoms with Crippen LogP contribution in [0.2, 0.25) is 0 Å². The molecule has 2 rings (SSSR count). The summed E-state index contributed by atoms with van der Waals surface area (Å²) in [5, 5.41) is 10.2. The molecule has 0 bridgehead atoms. The van der Waals surface area contributed by atoms with Gasteiger partial charge in [-0.2, -0.15) is 26.3 Å². The van der Waals surface area contributed by atoms with Gasteiger partial charge in [0.2, 0.25) is 0 Å². The van der Waals surface area contributed by atoms with Gasteiger partial charge in [0.15, 0.2) is 0 Å². The van der Waals surface area contributed by atoms with E-state index in [-0.39, 0.29) is 36.1 Å². The Morgan fingerprint density at radius 1 is 0.865 bits per heavy atom. The minimum Gasteiger partial charge on any atom is -0.507 e. The highest BCUT2D eigenvalue weighted by Crippen LogP contribution is 2.49. The predicted molar refractivity (Wildman–Crippen MR) is 135 cm³/mol. The summed E-state index contributed by atoms with van der Waals surface area (Å²) in [6.07, 6.45) is -2.84. The van der Waals surface area contributed by atoms with Crippen LogP contribution >= 0.6 is 0 Å². The Hall–Kier alpha value is -1.60. The molecule has 0 radical (unpaired) electrons. The van der Waals surface area contributed by atoms with Gasteiger partial charge in [0.25, 0.3) is 0 Å². The maximum atomic E-state index is 13.7. The third-order valence-corrected chi connectivity index (χ3v) is 8.02. The number of phenols is 1. The van der Waals surface area contributed by atoms with Crippen molar-refractivity contribution < 1.29 is 36.2 Å². The monoisotopic (exact) mass is 538 g/mol. The van der Waals surface area contributed by atoms with Crippen molar-refractivity contribution in [1.82, 2.24) is 0 Å². The fraction of sp³-hybridized carbons (Fsp3) is 0.793. The summed E-state index contributed by atoms with van der Waals surface area (Å²) >= 11 is 0. The maximum Gasteiger partial charge on any atom is 0.420 e. The fourth-order valence-electron chi connectivity index (χ4n) is 5.59. The topological polar surface area (TPSA) is 29.5 Å². The van der Waals surface area contributed by atoms with E-state index in [0.717, 1.165) is 25.7 Å². The van der Waals surface area contributed by atoms with E-state index in [1.165, 1.54) is 13.8 Å². The second-order valence-electron chi connectivity index (χ2n) is 11.8. The first-order valence-corrected chi connectivity index (χ1v) is 13.6. The van der Waals surface area contributed by atoms with Gasteiger partial charge in [0.05, 0.1) is 5.92 Å². The second-order valence-corrected chi connectivity index (χ2v) is 11.8. The van der Waals surface area contributed by atoms with Gasteiger partial charge < -0.3 is 9.84 Å². The van der Waals surface area contributed by atoms with E-state index >= 15 is 0 Å². The molecule has 1 N–H and O–H groups in total. The van der Waals surface area contributed by atoms with E-state index in [9.17, 15) is 31.4 Å². The zero-order chi connectivity index (χ0) is 28.2. The Balaban J connectivity index is 1.99. The Labute approximate surface area is 218 Å². The number of hydrogen-bond acceptors (Lipinski definition) is 2. The first-order chi connectivity index (χ1) is 17.0. The zero-order valence-corrected chi connectivity index (χ0v) is 23.1. The van der Waals surface area contributed by atoms with Gasteiger partial charge >= 0.3 is 12.4 Å². The first-order valence-electron chi connectivity index (χ1n) is 13.6. The number of aromatic hydroxyl groups is 1. The van der Waals surface area contributed by atoms with Crippen LogP contribution in [-0.2, 0) is 12.6 Å². The summed E-state index contributed by atoms with van der Waals surface area (Å²) in [6, 6.07) is 0. The number of alkyl halides is 6. The molecule has 0 saturated carbocycles. The summed E-state index contributed by atoms with van der Waals surface area (Å²) in [7, 11) is 0. The summed E-state index contributed by atoms with van der Waals surface area (Å²) in [4.78, 5) is 0. The lowest BCUT2D eigenvalue weighted by molar-refractivity contribution is -0.179. The average molecular weight is 539 g/mol. The average Bonchev–Trinajstić information content (AvgIpc) is 2.74. The molecule has 1 heterocycles. The number of hydrogen-bond donors (Lipinski definition) is 1. The number of phenolic OH excluding ortho intramolecular Hbond substituents is 1. The fourth-order valence-corrected chi connectivity index (χ4v) is 5.59. The van der Waals surface area contributed by atoms with Crippen molar-refractivity contribution in [2.24, 2.45) is 17.8 Å². The van der Waals surface area contributed by atoms with Crippen molar-refractivity contribution in [2.75, 3.05) is 0 Å². The molecule has 1 aliphatic heterocycles. The standard InChI is InChI=1S/C29H44F6O2/c1-18(2)10-7-11-19(3)12-8-13-22(28(30,31)32)14-9-16-27(6)17-15-23-20(4)25(36)24(29(33,34)35)21(5)26(23)37-27/h18-19,22,36H,7-17H2,1-6H3. The number of fused-ring (bicyclic) bond motifs is 1. The lowest BCUT2D eigenvalue weighted by atomic mass is 9.83. The zero-order valence-electron chi connectivity index (χ0n) is 23.1. The Kier molecular flexibility index (Phi) is 10.7. The van der Waals surface area contributed by atoms with Gasteiger partial charge in [-0.1, -0.05) is 52.9 Å². The van der Waals surface area contributed by atoms with Gasteiger partial charge in [-0.25, -0.2) is 0 Å². The lowest BCUT2D eigenvalue weighted by Crippen LogP contribution is -2.37. The third-order valence-electron chi connectivity index (χ3n) is 8.02. The van der Waals surface area contributed by atoms with Crippen molar-refractivity contribution >= 4 is 0 Å². The smallest absolute Gasteiger partial charge is 0.420 e. The number of benzene rings is 1. The van der Waals surface area contributed by atoms with Gasteiger partial charge in [-0.3, -0.25) is 0 Å². The highest BCUT2D eigenvalue weighted by atomic mass is 19.4. The normalized spacial score (nSPS) is 20.0. The molecule has 1 aromatic carbocycles. The summed E-state index contributed by atoms with van der Waals surface area (Å²) < 4.78 is 88.0. The van der Waals surface area contributed by atoms with E-state index < -0.39 is 35.2 Å². The van der Waals surface area contributed by atoms with E-state index in [4.69, 9.17) is 4.74 Å². The van der Waals surface area contributed by atoms with Gasteiger partial charge in [-0.15, -0.1) is 0 Å².